The van der Waals surface area contributed by atoms with Gasteiger partial charge in [0.05, 0.1) is 12.2 Å². The molecule has 1 aromatic rings. The molecule has 1 aromatic carbocycles. The topological polar surface area (TPSA) is 26.3 Å². The maximum atomic E-state index is 12.4. The molecule has 0 radical (unpaired) electrons. The van der Waals surface area contributed by atoms with Gasteiger partial charge in [-0.2, -0.15) is 0 Å². The maximum Gasteiger partial charge on any atom is 0.338 e. The summed E-state index contributed by atoms with van der Waals surface area (Å²) in [5.41, 5.74) is 2.33. The van der Waals surface area contributed by atoms with E-state index in [9.17, 15) is 4.79 Å². The number of ether oxygens (including phenoxy) is 1. The van der Waals surface area contributed by atoms with E-state index < -0.39 is 0 Å². The summed E-state index contributed by atoms with van der Waals surface area (Å²) in [5, 5.41) is 0. The third kappa shape index (κ3) is 3.25. The summed E-state index contributed by atoms with van der Waals surface area (Å²) in [6.07, 6.45) is 11.7. The number of carbonyl (C=O) groups excluding carboxylic acids is 1. The van der Waals surface area contributed by atoms with Gasteiger partial charge >= 0.3 is 5.97 Å². The highest BCUT2D eigenvalue weighted by molar-refractivity contribution is 5.89. The van der Waals surface area contributed by atoms with Crippen LogP contribution in [-0.4, -0.2) is 12.6 Å². The predicted octanol–water partition coefficient (Wildman–Crippen LogP) is 5.40. The average Bonchev–Trinajstić information content (AvgIpc) is 2.57. The number of carbonyl (C=O) groups is 1. The van der Waals surface area contributed by atoms with Crippen molar-refractivity contribution in [1.82, 2.24) is 0 Å². The number of hydrogen-bond donors (Lipinski definition) is 0. The van der Waals surface area contributed by atoms with Gasteiger partial charge in [0.2, 0.25) is 0 Å². The molecule has 4 bridgehead atoms. The van der Waals surface area contributed by atoms with E-state index in [2.05, 4.69) is 19.1 Å². The minimum atomic E-state index is -0.132. The van der Waals surface area contributed by atoms with Crippen LogP contribution in [-0.2, 0) is 11.2 Å². The van der Waals surface area contributed by atoms with Crippen LogP contribution in [0.15, 0.2) is 24.3 Å². The normalized spacial score (nSPS) is 33.6. The van der Waals surface area contributed by atoms with Crippen molar-refractivity contribution in [2.75, 3.05) is 6.61 Å². The zero-order valence-corrected chi connectivity index (χ0v) is 14.9. The van der Waals surface area contributed by atoms with Crippen LogP contribution in [0.5, 0.6) is 0 Å². The van der Waals surface area contributed by atoms with Gasteiger partial charge < -0.3 is 4.74 Å². The van der Waals surface area contributed by atoms with Crippen molar-refractivity contribution >= 4 is 5.97 Å². The summed E-state index contributed by atoms with van der Waals surface area (Å²) in [7, 11) is 0. The first-order valence-electron chi connectivity index (χ1n) is 9.92. The van der Waals surface area contributed by atoms with Crippen LogP contribution >= 0.6 is 0 Å². The van der Waals surface area contributed by atoms with E-state index in [0.717, 1.165) is 24.2 Å². The minimum absolute atomic E-state index is 0.132. The van der Waals surface area contributed by atoms with E-state index >= 15 is 0 Å². The minimum Gasteiger partial charge on any atom is -0.462 e. The molecule has 0 spiro atoms. The van der Waals surface area contributed by atoms with Gasteiger partial charge in [-0.05, 0) is 86.8 Å². The molecule has 130 valence electrons. The van der Waals surface area contributed by atoms with Crippen LogP contribution in [0.2, 0.25) is 0 Å². The van der Waals surface area contributed by atoms with Crippen LogP contribution in [0.4, 0.5) is 0 Å². The SMILES string of the molecule is CCCCc1ccc(C(=O)OCC23CC4CC(CC(C4)C2)C3)cc1. The summed E-state index contributed by atoms with van der Waals surface area (Å²) in [6.45, 7) is 2.85. The standard InChI is InChI=1S/C22H30O2/c1-2-3-4-16-5-7-20(8-6-16)21(23)24-15-22-12-17-9-18(13-22)11-19(10-17)14-22/h5-8,17-19H,2-4,9-15H2,1H3. The van der Waals surface area contributed by atoms with Gasteiger partial charge in [-0.1, -0.05) is 25.5 Å². The molecule has 4 fully saturated rings. The molecule has 0 aromatic heterocycles. The molecule has 24 heavy (non-hydrogen) atoms. The van der Waals surface area contributed by atoms with Crippen molar-refractivity contribution in [3.63, 3.8) is 0 Å². The molecule has 4 aliphatic rings. The average molecular weight is 326 g/mol. The van der Waals surface area contributed by atoms with Gasteiger partial charge in [0.25, 0.3) is 0 Å². The lowest BCUT2D eigenvalue weighted by Gasteiger charge is -2.56. The molecule has 0 atom stereocenters. The molecule has 4 aliphatic carbocycles. The number of rotatable bonds is 6. The smallest absolute Gasteiger partial charge is 0.338 e. The van der Waals surface area contributed by atoms with E-state index in [-0.39, 0.29) is 5.97 Å². The molecular formula is C22H30O2. The Morgan fingerprint density at radius 2 is 1.62 bits per heavy atom. The largest absolute Gasteiger partial charge is 0.462 e. The van der Waals surface area contributed by atoms with Crippen molar-refractivity contribution < 1.29 is 9.53 Å². The molecule has 2 nitrogen and oxygen atoms in total. The predicted molar refractivity (Wildman–Crippen MR) is 95.9 cm³/mol. The molecule has 0 heterocycles. The van der Waals surface area contributed by atoms with Gasteiger partial charge in [0, 0.05) is 5.41 Å². The van der Waals surface area contributed by atoms with Gasteiger partial charge in [-0.3, -0.25) is 0 Å². The van der Waals surface area contributed by atoms with E-state index in [1.54, 1.807) is 0 Å². The van der Waals surface area contributed by atoms with Crippen molar-refractivity contribution in [2.24, 2.45) is 23.2 Å². The zero-order chi connectivity index (χ0) is 16.6. The lowest BCUT2D eigenvalue weighted by atomic mass is 9.50. The summed E-state index contributed by atoms with van der Waals surface area (Å²) >= 11 is 0. The summed E-state index contributed by atoms with van der Waals surface area (Å²) in [4.78, 5) is 12.4. The second-order valence-corrected chi connectivity index (χ2v) is 8.79. The first-order valence-corrected chi connectivity index (χ1v) is 9.92. The monoisotopic (exact) mass is 326 g/mol. The van der Waals surface area contributed by atoms with Crippen LogP contribution in [0.3, 0.4) is 0 Å². The Bertz CT molecular complexity index is 551. The van der Waals surface area contributed by atoms with Crippen LogP contribution in [0.25, 0.3) is 0 Å². The van der Waals surface area contributed by atoms with E-state index in [1.807, 2.05) is 12.1 Å². The summed E-state index contributed by atoms with van der Waals surface area (Å²) in [6, 6.07) is 8.04. The van der Waals surface area contributed by atoms with Gasteiger partial charge in [-0.15, -0.1) is 0 Å². The quantitative estimate of drug-likeness (QED) is 0.654. The number of unbranched alkanes of at least 4 members (excludes halogenated alkanes) is 1. The highest BCUT2D eigenvalue weighted by Crippen LogP contribution is 2.60. The Hall–Kier alpha value is -1.31. The molecular weight excluding hydrogens is 296 g/mol. The molecule has 0 saturated heterocycles. The number of hydrogen-bond acceptors (Lipinski definition) is 2. The maximum absolute atomic E-state index is 12.4. The van der Waals surface area contributed by atoms with Gasteiger partial charge in [0.1, 0.15) is 0 Å². The fourth-order valence-electron chi connectivity index (χ4n) is 5.96. The first kappa shape index (κ1) is 16.2. The Labute approximate surface area is 146 Å². The lowest BCUT2D eigenvalue weighted by molar-refractivity contribution is -0.0848. The van der Waals surface area contributed by atoms with Crippen molar-refractivity contribution in [3.8, 4) is 0 Å². The molecule has 0 unspecified atom stereocenters. The molecule has 0 aliphatic heterocycles. The van der Waals surface area contributed by atoms with Crippen LogP contribution in [0, 0.1) is 23.2 Å². The molecule has 0 amide bonds. The number of aryl methyl sites for hydroxylation is 1. The van der Waals surface area contributed by atoms with Crippen molar-refractivity contribution in [3.05, 3.63) is 35.4 Å². The zero-order valence-electron chi connectivity index (χ0n) is 14.9. The lowest BCUT2D eigenvalue weighted by Crippen LogP contribution is -2.48. The molecule has 0 N–H and O–H groups in total. The third-order valence-electron chi connectivity index (χ3n) is 6.68. The fraction of sp³-hybridized carbons (Fsp3) is 0.682. The van der Waals surface area contributed by atoms with Crippen LogP contribution in [0.1, 0.15) is 74.2 Å². The highest BCUT2D eigenvalue weighted by atomic mass is 16.5. The number of esters is 1. The Morgan fingerprint density at radius 3 is 2.17 bits per heavy atom. The second kappa shape index (κ2) is 6.54. The summed E-state index contributed by atoms with van der Waals surface area (Å²) < 4.78 is 5.79. The Kier molecular flexibility index (Phi) is 4.40. The Morgan fingerprint density at radius 1 is 1.04 bits per heavy atom. The van der Waals surface area contributed by atoms with E-state index in [0.29, 0.717) is 17.6 Å². The highest BCUT2D eigenvalue weighted by Gasteiger charge is 2.51. The van der Waals surface area contributed by atoms with Crippen molar-refractivity contribution in [1.29, 1.82) is 0 Å². The summed E-state index contributed by atoms with van der Waals surface area (Å²) in [5.74, 6) is 2.60. The molecule has 5 rings (SSSR count). The Balaban J connectivity index is 1.35. The third-order valence-corrected chi connectivity index (χ3v) is 6.68. The van der Waals surface area contributed by atoms with E-state index in [1.165, 1.54) is 56.9 Å². The second-order valence-electron chi connectivity index (χ2n) is 8.79. The molecule has 4 saturated carbocycles. The first-order chi connectivity index (χ1) is 11.7. The van der Waals surface area contributed by atoms with Crippen LogP contribution < -0.4 is 0 Å². The number of benzene rings is 1. The molecule has 2 heteroatoms. The van der Waals surface area contributed by atoms with Crippen molar-refractivity contribution in [2.45, 2.75) is 64.7 Å². The van der Waals surface area contributed by atoms with E-state index in [4.69, 9.17) is 4.74 Å². The fourth-order valence-corrected chi connectivity index (χ4v) is 5.96. The van der Waals surface area contributed by atoms with Gasteiger partial charge in [0.15, 0.2) is 0 Å². The van der Waals surface area contributed by atoms with Gasteiger partial charge in [-0.25, -0.2) is 4.79 Å².